The van der Waals surface area contributed by atoms with E-state index in [4.69, 9.17) is 0 Å². The summed E-state index contributed by atoms with van der Waals surface area (Å²) in [7, 11) is 2.24. The van der Waals surface area contributed by atoms with Crippen molar-refractivity contribution in [3.63, 3.8) is 0 Å². The summed E-state index contributed by atoms with van der Waals surface area (Å²) < 4.78 is 0. The van der Waals surface area contributed by atoms with Gasteiger partial charge in [-0.1, -0.05) is 6.42 Å². The van der Waals surface area contributed by atoms with Gasteiger partial charge in [-0.25, -0.2) is 0 Å². The Kier molecular flexibility index (Phi) is 2.35. The maximum absolute atomic E-state index is 12.2. The van der Waals surface area contributed by atoms with Crippen LogP contribution in [0.2, 0.25) is 0 Å². The molecule has 2 saturated heterocycles. The fourth-order valence-corrected chi connectivity index (χ4v) is 3.67. The van der Waals surface area contributed by atoms with E-state index in [0.717, 1.165) is 24.9 Å². The van der Waals surface area contributed by atoms with Crippen LogP contribution in [0.4, 0.5) is 0 Å². The number of carbonyl (C=O) groups is 1. The highest BCUT2D eigenvalue weighted by molar-refractivity contribution is 5.84. The number of piperidine rings is 1. The van der Waals surface area contributed by atoms with Gasteiger partial charge in [0.05, 0.1) is 0 Å². The summed E-state index contributed by atoms with van der Waals surface area (Å²) >= 11 is 0. The molecule has 3 rings (SSSR count). The second-order valence-electron chi connectivity index (χ2n) is 5.75. The van der Waals surface area contributed by atoms with E-state index < -0.39 is 0 Å². The third kappa shape index (κ3) is 1.54. The summed E-state index contributed by atoms with van der Waals surface area (Å²) in [5, 5.41) is 0. The Hall–Kier alpha value is -0.370. The molecule has 1 aliphatic carbocycles. The maximum atomic E-state index is 12.2. The van der Waals surface area contributed by atoms with Crippen LogP contribution in [0.25, 0.3) is 0 Å². The fraction of sp³-hybridized carbons (Fsp3) is 0.923. The monoisotopic (exact) mass is 207 g/mol. The first-order valence-electron chi connectivity index (χ1n) is 6.51. The highest BCUT2D eigenvalue weighted by atomic mass is 16.1. The molecule has 3 aliphatic rings. The zero-order chi connectivity index (χ0) is 10.4. The van der Waals surface area contributed by atoms with Crippen molar-refractivity contribution in [1.82, 2.24) is 4.90 Å². The summed E-state index contributed by atoms with van der Waals surface area (Å²) in [6, 6.07) is 1.44. The summed E-state index contributed by atoms with van der Waals surface area (Å²) in [4.78, 5) is 14.7. The second-order valence-corrected chi connectivity index (χ2v) is 5.75. The molecule has 0 aromatic heterocycles. The quantitative estimate of drug-likeness (QED) is 0.692. The first-order chi connectivity index (χ1) is 7.25. The van der Waals surface area contributed by atoms with Crippen molar-refractivity contribution >= 4 is 5.78 Å². The first kappa shape index (κ1) is 9.83. The molecule has 0 N–H and O–H groups in total. The molecule has 2 heterocycles. The van der Waals surface area contributed by atoms with Crippen LogP contribution in [0.3, 0.4) is 0 Å². The molecule has 2 unspecified atom stereocenters. The van der Waals surface area contributed by atoms with Gasteiger partial charge in [0.15, 0.2) is 0 Å². The van der Waals surface area contributed by atoms with E-state index in [-0.39, 0.29) is 0 Å². The molecular formula is C13H21NO. The van der Waals surface area contributed by atoms with Gasteiger partial charge >= 0.3 is 0 Å². The SMILES string of the molecule is CN1C2CCC1CC(C(=O)C1CCC1)C2. The predicted molar refractivity (Wildman–Crippen MR) is 59.6 cm³/mol. The van der Waals surface area contributed by atoms with Crippen LogP contribution in [-0.4, -0.2) is 29.8 Å². The third-order valence-electron chi connectivity index (χ3n) is 5.01. The summed E-state index contributed by atoms with van der Waals surface area (Å²) in [6.07, 6.45) is 8.62. The number of nitrogens with zero attached hydrogens (tertiary/aromatic N) is 1. The van der Waals surface area contributed by atoms with Crippen LogP contribution in [0.1, 0.15) is 44.9 Å². The molecule has 0 aromatic carbocycles. The fourth-order valence-electron chi connectivity index (χ4n) is 3.67. The largest absolute Gasteiger partial charge is 0.300 e. The van der Waals surface area contributed by atoms with Crippen LogP contribution in [0, 0.1) is 11.8 Å². The average molecular weight is 207 g/mol. The number of Topliss-reactive ketones (excluding diaryl/α,β-unsaturated/α-hetero) is 1. The lowest BCUT2D eigenvalue weighted by atomic mass is 9.74. The molecule has 84 valence electrons. The maximum Gasteiger partial charge on any atom is 0.139 e. The highest BCUT2D eigenvalue weighted by Gasteiger charge is 2.42. The van der Waals surface area contributed by atoms with Gasteiger partial charge in [-0.3, -0.25) is 4.79 Å². The molecule has 2 bridgehead atoms. The minimum Gasteiger partial charge on any atom is -0.300 e. The number of fused-ring (bicyclic) bond motifs is 2. The Bertz CT molecular complexity index is 258. The second kappa shape index (κ2) is 3.58. The molecule has 2 aliphatic heterocycles. The number of carbonyl (C=O) groups excluding carboxylic acids is 1. The van der Waals surface area contributed by atoms with Crippen LogP contribution < -0.4 is 0 Å². The van der Waals surface area contributed by atoms with E-state index in [1.807, 2.05) is 0 Å². The number of hydrogen-bond donors (Lipinski definition) is 0. The topological polar surface area (TPSA) is 20.3 Å². The molecule has 0 spiro atoms. The van der Waals surface area contributed by atoms with E-state index in [1.165, 1.54) is 32.1 Å². The van der Waals surface area contributed by atoms with Crippen molar-refractivity contribution in [2.75, 3.05) is 7.05 Å². The number of rotatable bonds is 2. The van der Waals surface area contributed by atoms with Crippen molar-refractivity contribution < 1.29 is 4.79 Å². The minimum absolute atomic E-state index is 0.420. The molecule has 0 amide bonds. The highest BCUT2D eigenvalue weighted by Crippen LogP contribution is 2.41. The third-order valence-corrected chi connectivity index (χ3v) is 5.01. The van der Waals surface area contributed by atoms with Crippen molar-refractivity contribution in [2.45, 2.75) is 57.0 Å². The number of hydrogen-bond acceptors (Lipinski definition) is 2. The molecule has 0 radical (unpaired) electrons. The summed E-state index contributed by atoms with van der Waals surface area (Å²) in [5.74, 6) is 1.49. The van der Waals surface area contributed by atoms with E-state index in [0.29, 0.717) is 17.6 Å². The Balaban J connectivity index is 1.66. The van der Waals surface area contributed by atoms with E-state index >= 15 is 0 Å². The van der Waals surface area contributed by atoms with Gasteiger partial charge in [0.2, 0.25) is 0 Å². The van der Waals surface area contributed by atoms with Crippen LogP contribution >= 0.6 is 0 Å². The van der Waals surface area contributed by atoms with E-state index in [1.54, 1.807) is 0 Å². The van der Waals surface area contributed by atoms with Gasteiger partial charge in [0, 0.05) is 23.9 Å². The van der Waals surface area contributed by atoms with Crippen molar-refractivity contribution in [1.29, 1.82) is 0 Å². The smallest absolute Gasteiger partial charge is 0.139 e. The standard InChI is InChI=1S/C13H21NO/c1-14-11-5-6-12(14)8-10(7-11)13(15)9-3-2-4-9/h9-12H,2-8H2,1H3. The zero-order valence-corrected chi connectivity index (χ0v) is 9.61. The van der Waals surface area contributed by atoms with Crippen molar-refractivity contribution in [3.05, 3.63) is 0 Å². The first-order valence-corrected chi connectivity index (χ1v) is 6.51. The lowest BCUT2D eigenvalue weighted by molar-refractivity contribution is -0.131. The molecule has 0 aromatic rings. The van der Waals surface area contributed by atoms with Gasteiger partial charge in [-0.05, 0) is 45.6 Å². The predicted octanol–water partition coefficient (Wildman–Crippen LogP) is 2.23. The molecule has 3 fully saturated rings. The molecule has 2 atom stereocenters. The Morgan fingerprint density at radius 1 is 1.00 bits per heavy atom. The molecule has 15 heavy (non-hydrogen) atoms. The average Bonchev–Trinajstić information content (AvgIpc) is 2.37. The zero-order valence-electron chi connectivity index (χ0n) is 9.61. The molecule has 1 saturated carbocycles. The van der Waals surface area contributed by atoms with E-state index in [9.17, 15) is 4.79 Å². The molecule has 2 nitrogen and oxygen atoms in total. The Labute approximate surface area is 92.0 Å². The lowest BCUT2D eigenvalue weighted by Crippen LogP contribution is -2.44. The molecule has 2 heteroatoms. The van der Waals surface area contributed by atoms with Gasteiger partial charge in [0.1, 0.15) is 5.78 Å². The van der Waals surface area contributed by atoms with Crippen molar-refractivity contribution in [2.24, 2.45) is 11.8 Å². The summed E-state index contributed by atoms with van der Waals surface area (Å²) in [6.45, 7) is 0. The Morgan fingerprint density at radius 3 is 2.07 bits per heavy atom. The number of ketones is 1. The van der Waals surface area contributed by atoms with Gasteiger partial charge < -0.3 is 4.90 Å². The normalized spacial score (nSPS) is 41.5. The molecular weight excluding hydrogens is 186 g/mol. The van der Waals surface area contributed by atoms with Crippen LogP contribution in [0.5, 0.6) is 0 Å². The van der Waals surface area contributed by atoms with E-state index in [2.05, 4.69) is 11.9 Å². The van der Waals surface area contributed by atoms with Crippen LogP contribution in [-0.2, 0) is 4.79 Å². The van der Waals surface area contributed by atoms with Gasteiger partial charge in [-0.2, -0.15) is 0 Å². The van der Waals surface area contributed by atoms with Crippen molar-refractivity contribution in [3.8, 4) is 0 Å². The van der Waals surface area contributed by atoms with Crippen LogP contribution in [0.15, 0.2) is 0 Å². The minimum atomic E-state index is 0.420. The van der Waals surface area contributed by atoms with Gasteiger partial charge in [-0.15, -0.1) is 0 Å². The Morgan fingerprint density at radius 2 is 1.60 bits per heavy atom. The lowest BCUT2D eigenvalue weighted by Gasteiger charge is -2.38. The summed E-state index contributed by atoms with van der Waals surface area (Å²) in [5.41, 5.74) is 0. The van der Waals surface area contributed by atoms with Gasteiger partial charge in [0.25, 0.3) is 0 Å².